The third-order valence-corrected chi connectivity index (χ3v) is 5.72. The van der Waals surface area contributed by atoms with Crippen LogP contribution in [-0.4, -0.2) is 30.5 Å². The van der Waals surface area contributed by atoms with Crippen molar-refractivity contribution in [3.05, 3.63) is 35.0 Å². The SMILES string of the molecule is Brc1ccc(NC[C@H]2[C@@H]3CC=CC[C@H]3CC23OCCO3)nc1. The van der Waals surface area contributed by atoms with E-state index in [-0.39, 0.29) is 5.79 Å². The lowest BCUT2D eigenvalue weighted by molar-refractivity contribution is -0.183. The fourth-order valence-electron chi connectivity index (χ4n) is 4.27. The van der Waals surface area contributed by atoms with Gasteiger partial charge in [-0.2, -0.15) is 0 Å². The zero-order chi connectivity index (χ0) is 15.0. The largest absolute Gasteiger partial charge is 0.370 e. The molecule has 0 amide bonds. The summed E-state index contributed by atoms with van der Waals surface area (Å²) >= 11 is 3.42. The second kappa shape index (κ2) is 5.95. The number of aromatic nitrogens is 1. The van der Waals surface area contributed by atoms with Gasteiger partial charge in [-0.25, -0.2) is 4.98 Å². The lowest BCUT2D eigenvalue weighted by Crippen LogP contribution is -2.40. The molecule has 2 fully saturated rings. The predicted molar refractivity (Wildman–Crippen MR) is 88.5 cm³/mol. The number of fused-ring (bicyclic) bond motifs is 1. The van der Waals surface area contributed by atoms with E-state index in [1.54, 1.807) is 0 Å². The zero-order valence-electron chi connectivity index (χ0n) is 12.5. The highest BCUT2D eigenvalue weighted by Crippen LogP contribution is 2.53. The Balaban J connectivity index is 1.51. The van der Waals surface area contributed by atoms with E-state index in [1.807, 2.05) is 18.3 Å². The number of nitrogens with zero attached hydrogens (tertiary/aromatic N) is 1. The summed E-state index contributed by atoms with van der Waals surface area (Å²) in [6.07, 6.45) is 9.78. The molecule has 2 aliphatic carbocycles. The summed E-state index contributed by atoms with van der Waals surface area (Å²) in [4.78, 5) is 4.40. The van der Waals surface area contributed by atoms with Gasteiger partial charge in [0.05, 0.1) is 13.2 Å². The van der Waals surface area contributed by atoms with Crippen molar-refractivity contribution >= 4 is 21.7 Å². The molecule has 1 aliphatic heterocycles. The minimum atomic E-state index is -0.371. The van der Waals surface area contributed by atoms with E-state index in [1.165, 1.54) is 0 Å². The van der Waals surface area contributed by atoms with Crippen LogP contribution in [0.4, 0.5) is 5.82 Å². The number of anilines is 1. The maximum atomic E-state index is 6.10. The Kier molecular flexibility index (Phi) is 3.96. The first-order chi connectivity index (χ1) is 10.8. The Labute approximate surface area is 139 Å². The van der Waals surface area contributed by atoms with Crippen LogP contribution in [0.25, 0.3) is 0 Å². The number of hydrogen-bond acceptors (Lipinski definition) is 4. The summed E-state index contributed by atoms with van der Waals surface area (Å²) in [6.45, 7) is 2.30. The van der Waals surface area contributed by atoms with E-state index in [0.717, 1.165) is 49.3 Å². The third kappa shape index (κ3) is 2.59. The van der Waals surface area contributed by atoms with Gasteiger partial charge in [-0.15, -0.1) is 0 Å². The predicted octanol–water partition coefficient (Wildman–Crippen LogP) is 3.60. The van der Waals surface area contributed by atoms with Crippen LogP contribution in [0.3, 0.4) is 0 Å². The minimum Gasteiger partial charge on any atom is -0.370 e. The number of nitrogens with one attached hydrogen (secondary N) is 1. The van der Waals surface area contributed by atoms with Gasteiger partial charge in [-0.3, -0.25) is 0 Å². The molecule has 3 atom stereocenters. The summed E-state index contributed by atoms with van der Waals surface area (Å²) in [7, 11) is 0. The summed E-state index contributed by atoms with van der Waals surface area (Å²) in [6, 6.07) is 4.01. The topological polar surface area (TPSA) is 43.4 Å². The Hall–Kier alpha value is -0.910. The fourth-order valence-corrected chi connectivity index (χ4v) is 4.50. The molecule has 5 heteroatoms. The zero-order valence-corrected chi connectivity index (χ0v) is 14.1. The molecule has 1 aromatic heterocycles. The van der Waals surface area contributed by atoms with Crippen LogP contribution in [0.15, 0.2) is 35.0 Å². The summed E-state index contributed by atoms with van der Waals surface area (Å²) in [5, 5.41) is 3.48. The lowest BCUT2D eigenvalue weighted by atomic mass is 9.81. The average molecular weight is 365 g/mol. The molecule has 0 aromatic carbocycles. The third-order valence-electron chi connectivity index (χ3n) is 5.25. The normalized spacial score (nSPS) is 32.3. The second-order valence-electron chi connectivity index (χ2n) is 6.43. The molecule has 118 valence electrons. The van der Waals surface area contributed by atoms with E-state index in [4.69, 9.17) is 9.47 Å². The maximum absolute atomic E-state index is 6.10. The Morgan fingerprint density at radius 3 is 2.82 bits per heavy atom. The van der Waals surface area contributed by atoms with Gasteiger partial charge in [0.25, 0.3) is 0 Å². The molecule has 3 aliphatic rings. The molecule has 1 saturated carbocycles. The lowest BCUT2D eigenvalue weighted by Gasteiger charge is -2.32. The summed E-state index contributed by atoms with van der Waals surface area (Å²) in [5.41, 5.74) is 0. The van der Waals surface area contributed by atoms with Gasteiger partial charge in [-0.05, 0) is 52.7 Å². The van der Waals surface area contributed by atoms with Gasteiger partial charge in [0.1, 0.15) is 5.82 Å². The van der Waals surface area contributed by atoms with E-state index in [9.17, 15) is 0 Å². The number of rotatable bonds is 3. The van der Waals surface area contributed by atoms with Crippen molar-refractivity contribution in [3.8, 4) is 0 Å². The van der Waals surface area contributed by atoms with E-state index in [2.05, 4.69) is 38.4 Å². The van der Waals surface area contributed by atoms with Crippen LogP contribution in [0.5, 0.6) is 0 Å². The highest BCUT2D eigenvalue weighted by atomic mass is 79.9. The van der Waals surface area contributed by atoms with Crippen LogP contribution >= 0.6 is 15.9 Å². The molecule has 0 bridgehead atoms. The van der Waals surface area contributed by atoms with Gasteiger partial charge in [-0.1, -0.05) is 12.2 Å². The second-order valence-corrected chi connectivity index (χ2v) is 7.34. The number of ether oxygens (including phenoxy) is 2. The molecule has 0 unspecified atom stereocenters. The molecule has 22 heavy (non-hydrogen) atoms. The van der Waals surface area contributed by atoms with Crippen LogP contribution in [-0.2, 0) is 9.47 Å². The Morgan fingerprint density at radius 1 is 1.23 bits per heavy atom. The molecule has 4 rings (SSSR count). The summed E-state index contributed by atoms with van der Waals surface area (Å²) < 4.78 is 13.2. The Morgan fingerprint density at radius 2 is 2.05 bits per heavy atom. The van der Waals surface area contributed by atoms with Gasteiger partial charge < -0.3 is 14.8 Å². The van der Waals surface area contributed by atoms with Crippen LogP contribution in [0.2, 0.25) is 0 Å². The molecular formula is C17H21BrN2O2. The smallest absolute Gasteiger partial charge is 0.173 e. The van der Waals surface area contributed by atoms with Crippen LogP contribution in [0.1, 0.15) is 19.3 Å². The number of halogens is 1. The Bertz CT molecular complexity index is 554. The fraction of sp³-hybridized carbons (Fsp3) is 0.588. The molecule has 1 spiro atoms. The number of allylic oxidation sites excluding steroid dienone is 2. The number of pyridine rings is 1. The van der Waals surface area contributed by atoms with Crippen molar-refractivity contribution in [1.82, 2.24) is 4.98 Å². The monoisotopic (exact) mass is 364 g/mol. The van der Waals surface area contributed by atoms with Crippen molar-refractivity contribution in [2.45, 2.75) is 25.0 Å². The van der Waals surface area contributed by atoms with E-state index in [0.29, 0.717) is 17.8 Å². The molecule has 0 radical (unpaired) electrons. The number of hydrogen-bond donors (Lipinski definition) is 1. The highest BCUT2D eigenvalue weighted by molar-refractivity contribution is 9.10. The summed E-state index contributed by atoms with van der Waals surface area (Å²) in [5.74, 6) is 2.25. The molecule has 2 heterocycles. The maximum Gasteiger partial charge on any atom is 0.173 e. The van der Waals surface area contributed by atoms with Crippen molar-refractivity contribution in [3.63, 3.8) is 0 Å². The molecule has 1 aromatic rings. The van der Waals surface area contributed by atoms with Crippen LogP contribution < -0.4 is 5.32 Å². The first-order valence-corrected chi connectivity index (χ1v) is 8.84. The standard InChI is InChI=1S/C17H21BrN2O2/c18-13-5-6-16(19-10-13)20-11-15-14-4-2-1-3-12(14)9-17(15)21-7-8-22-17/h1-2,5-6,10,12,14-15H,3-4,7-9,11H2,(H,19,20)/t12-,14+,15-/m0/s1. The first-order valence-electron chi connectivity index (χ1n) is 8.05. The van der Waals surface area contributed by atoms with Crippen molar-refractivity contribution < 1.29 is 9.47 Å². The van der Waals surface area contributed by atoms with Crippen molar-refractivity contribution in [2.75, 3.05) is 25.1 Å². The first kappa shape index (κ1) is 14.7. The van der Waals surface area contributed by atoms with Gasteiger partial charge in [0.2, 0.25) is 0 Å². The molecular weight excluding hydrogens is 344 g/mol. The molecule has 1 saturated heterocycles. The molecule has 4 nitrogen and oxygen atoms in total. The van der Waals surface area contributed by atoms with Gasteiger partial charge >= 0.3 is 0 Å². The van der Waals surface area contributed by atoms with Crippen LogP contribution in [0, 0.1) is 17.8 Å². The highest BCUT2D eigenvalue weighted by Gasteiger charge is 2.56. The van der Waals surface area contributed by atoms with Gasteiger partial charge in [0, 0.05) is 29.6 Å². The molecule has 1 N–H and O–H groups in total. The van der Waals surface area contributed by atoms with E-state index >= 15 is 0 Å². The van der Waals surface area contributed by atoms with E-state index < -0.39 is 0 Å². The van der Waals surface area contributed by atoms with Crippen molar-refractivity contribution in [1.29, 1.82) is 0 Å². The minimum absolute atomic E-state index is 0.371. The quantitative estimate of drug-likeness (QED) is 0.832. The average Bonchev–Trinajstić information content (AvgIpc) is 3.12. The van der Waals surface area contributed by atoms with Gasteiger partial charge in [0.15, 0.2) is 5.79 Å². The van der Waals surface area contributed by atoms with Crippen molar-refractivity contribution in [2.24, 2.45) is 17.8 Å².